The summed E-state index contributed by atoms with van der Waals surface area (Å²) in [5, 5.41) is 23.9. The van der Waals surface area contributed by atoms with Crippen LogP contribution in [0.1, 0.15) is 55.9 Å². The van der Waals surface area contributed by atoms with Gasteiger partial charge in [-0.15, -0.1) is 0 Å². The van der Waals surface area contributed by atoms with E-state index in [4.69, 9.17) is 4.52 Å². The van der Waals surface area contributed by atoms with Crippen LogP contribution in [0.3, 0.4) is 0 Å². The lowest BCUT2D eigenvalue weighted by molar-refractivity contribution is 0.0690. The molecule has 10 nitrogen and oxygen atoms in total. The number of benzene rings is 1. The second-order valence-electron chi connectivity index (χ2n) is 9.70. The lowest BCUT2D eigenvalue weighted by atomic mass is 10.1. The fourth-order valence-electron chi connectivity index (χ4n) is 5.62. The Labute approximate surface area is 205 Å². The number of nitriles is 1. The van der Waals surface area contributed by atoms with Gasteiger partial charge in [0.05, 0.1) is 17.1 Å². The molecule has 0 radical (unpaired) electrons. The van der Waals surface area contributed by atoms with Crippen molar-refractivity contribution < 1.29 is 14.0 Å². The van der Waals surface area contributed by atoms with Crippen molar-refractivity contribution >= 4 is 16.6 Å². The molecule has 1 unspecified atom stereocenters. The first-order valence-corrected chi connectivity index (χ1v) is 12.4. The Kier molecular flexibility index (Phi) is 5.78. The standard InChI is InChI=1S/C25H26FN7O3/c26-18-7-8-19-21(17(18)12-27)32(11-10-31-9-3-6-16(34)13-31)25(35)22-20(28-14-33(19)22)23-29-24(36-30-23)15-4-1-2-5-15/h7-8,14-16,34H,1-6,9-11,13H2. The van der Waals surface area contributed by atoms with Crippen molar-refractivity contribution in [2.24, 2.45) is 0 Å². The quantitative estimate of drug-likeness (QED) is 0.452. The second-order valence-corrected chi connectivity index (χ2v) is 9.70. The molecule has 186 valence electrons. The summed E-state index contributed by atoms with van der Waals surface area (Å²) in [6, 6.07) is 4.70. The second kappa shape index (κ2) is 9.11. The molecule has 1 saturated heterocycles. The molecule has 36 heavy (non-hydrogen) atoms. The number of β-amino-alcohol motifs (C(OH)–C–C–N with tert-alkyl or cyclic N) is 1. The first-order chi connectivity index (χ1) is 17.5. The Morgan fingerprint density at radius 2 is 2.00 bits per heavy atom. The van der Waals surface area contributed by atoms with Crippen LogP contribution in [0.5, 0.6) is 0 Å². The van der Waals surface area contributed by atoms with E-state index in [1.165, 1.54) is 17.0 Å². The largest absolute Gasteiger partial charge is 0.392 e. The molecule has 11 heteroatoms. The Bertz CT molecular complexity index is 1540. The van der Waals surface area contributed by atoms with Crippen LogP contribution in [0.25, 0.3) is 28.1 Å². The van der Waals surface area contributed by atoms with Gasteiger partial charge in [0.15, 0.2) is 0 Å². The van der Waals surface area contributed by atoms with Crippen molar-refractivity contribution in [2.75, 3.05) is 19.6 Å². The number of halogens is 1. The summed E-state index contributed by atoms with van der Waals surface area (Å²) in [4.78, 5) is 25.0. The van der Waals surface area contributed by atoms with E-state index in [0.717, 1.165) is 45.1 Å². The maximum Gasteiger partial charge on any atom is 0.277 e. The van der Waals surface area contributed by atoms with E-state index >= 15 is 0 Å². The number of hydrogen-bond acceptors (Lipinski definition) is 8. The molecule has 2 aliphatic rings. The minimum absolute atomic E-state index is 0.191. The monoisotopic (exact) mass is 491 g/mol. The van der Waals surface area contributed by atoms with Gasteiger partial charge in [0.25, 0.3) is 5.56 Å². The lowest BCUT2D eigenvalue weighted by Gasteiger charge is -2.30. The third-order valence-corrected chi connectivity index (χ3v) is 7.44. The Balaban J connectivity index is 1.50. The van der Waals surface area contributed by atoms with E-state index in [0.29, 0.717) is 30.2 Å². The number of aromatic nitrogens is 5. The number of fused-ring (bicyclic) bond motifs is 3. The highest BCUT2D eigenvalue weighted by molar-refractivity contribution is 5.87. The molecular formula is C25H26FN7O3. The number of imidazole rings is 1. The van der Waals surface area contributed by atoms with Crippen LogP contribution >= 0.6 is 0 Å². The molecule has 2 fully saturated rings. The van der Waals surface area contributed by atoms with Crippen molar-refractivity contribution in [1.82, 2.24) is 29.0 Å². The van der Waals surface area contributed by atoms with Crippen molar-refractivity contribution in [3.8, 4) is 17.6 Å². The van der Waals surface area contributed by atoms with Gasteiger partial charge in [0, 0.05) is 25.6 Å². The van der Waals surface area contributed by atoms with Crippen LogP contribution in [0.15, 0.2) is 27.8 Å². The van der Waals surface area contributed by atoms with E-state index in [-0.39, 0.29) is 34.9 Å². The smallest absolute Gasteiger partial charge is 0.277 e. The number of hydrogen-bond donors (Lipinski definition) is 1. The maximum atomic E-state index is 14.7. The summed E-state index contributed by atoms with van der Waals surface area (Å²) in [5.41, 5.74) is 0.636. The Hall–Kier alpha value is -3.62. The van der Waals surface area contributed by atoms with Crippen molar-refractivity contribution in [2.45, 2.75) is 57.1 Å². The molecule has 0 bridgehead atoms. The van der Waals surface area contributed by atoms with Gasteiger partial charge in [0.2, 0.25) is 11.7 Å². The fourth-order valence-corrected chi connectivity index (χ4v) is 5.62. The van der Waals surface area contributed by atoms with Gasteiger partial charge in [-0.1, -0.05) is 18.0 Å². The summed E-state index contributed by atoms with van der Waals surface area (Å²) >= 11 is 0. The number of nitrogens with zero attached hydrogens (tertiary/aromatic N) is 7. The summed E-state index contributed by atoms with van der Waals surface area (Å²) in [7, 11) is 0. The van der Waals surface area contributed by atoms with Crippen LogP contribution in [0.4, 0.5) is 4.39 Å². The molecule has 1 N–H and O–H groups in total. The molecule has 1 saturated carbocycles. The Morgan fingerprint density at radius 1 is 1.17 bits per heavy atom. The molecule has 4 heterocycles. The van der Waals surface area contributed by atoms with E-state index < -0.39 is 17.5 Å². The molecule has 1 aliphatic heterocycles. The number of aliphatic hydroxyl groups excluding tert-OH is 1. The summed E-state index contributed by atoms with van der Waals surface area (Å²) in [6.45, 7) is 2.01. The predicted octanol–water partition coefficient (Wildman–Crippen LogP) is 2.82. The normalized spacial score (nSPS) is 19.4. The topological polar surface area (TPSA) is 125 Å². The first-order valence-electron chi connectivity index (χ1n) is 12.4. The molecule has 4 aromatic rings. The van der Waals surface area contributed by atoms with Crippen molar-refractivity contribution in [3.63, 3.8) is 0 Å². The van der Waals surface area contributed by atoms with E-state index in [9.17, 15) is 19.6 Å². The zero-order chi connectivity index (χ0) is 24.8. The molecular weight excluding hydrogens is 465 g/mol. The number of aliphatic hydroxyl groups is 1. The zero-order valence-corrected chi connectivity index (χ0v) is 19.7. The highest BCUT2D eigenvalue weighted by Gasteiger charge is 2.27. The summed E-state index contributed by atoms with van der Waals surface area (Å²) in [6.07, 6.45) is 6.92. The highest BCUT2D eigenvalue weighted by Crippen LogP contribution is 2.34. The Morgan fingerprint density at radius 3 is 2.78 bits per heavy atom. The van der Waals surface area contributed by atoms with Gasteiger partial charge < -0.3 is 14.2 Å². The van der Waals surface area contributed by atoms with Gasteiger partial charge in [0.1, 0.15) is 35.0 Å². The van der Waals surface area contributed by atoms with Crippen LogP contribution in [0, 0.1) is 17.1 Å². The van der Waals surface area contributed by atoms with Crippen molar-refractivity contribution in [3.05, 3.63) is 46.1 Å². The van der Waals surface area contributed by atoms with E-state index in [1.807, 2.05) is 6.07 Å². The number of likely N-dealkylation sites (tertiary alicyclic amines) is 1. The maximum absolute atomic E-state index is 14.7. The van der Waals surface area contributed by atoms with Gasteiger partial charge in [-0.25, -0.2) is 9.37 Å². The van der Waals surface area contributed by atoms with Crippen molar-refractivity contribution in [1.29, 1.82) is 5.26 Å². The van der Waals surface area contributed by atoms with Gasteiger partial charge in [-0.2, -0.15) is 10.2 Å². The predicted molar refractivity (Wildman–Crippen MR) is 128 cm³/mol. The third-order valence-electron chi connectivity index (χ3n) is 7.44. The molecule has 1 atom stereocenters. The van der Waals surface area contributed by atoms with Crippen LogP contribution in [-0.2, 0) is 6.54 Å². The highest BCUT2D eigenvalue weighted by atomic mass is 19.1. The molecule has 1 aromatic carbocycles. The van der Waals surface area contributed by atoms with Crippen LogP contribution in [0.2, 0.25) is 0 Å². The minimum atomic E-state index is -0.689. The van der Waals surface area contributed by atoms with E-state index in [1.54, 1.807) is 10.5 Å². The minimum Gasteiger partial charge on any atom is -0.392 e. The summed E-state index contributed by atoms with van der Waals surface area (Å²) < 4.78 is 23.2. The first kappa shape index (κ1) is 22.8. The SMILES string of the molecule is N#Cc1c(F)ccc2c1n(CCN1CCCC(O)C1)c(=O)c1c(-c3noc(C4CCCC4)n3)ncn12. The van der Waals surface area contributed by atoms with Crippen LogP contribution in [-0.4, -0.2) is 59.8 Å². The molecule has 0 amide bonds. The van der Waals surface area contributed by atoms with Crippen LogP contribution < -0.4 is 5.56 Å². The summed E-state index contributed by atoms with van der Waals surface area (Å²) in [5.74, 6) is 0.329. The molecule has 1 aliphatic carbocycles. The average molecular weight is 492 g/mol. The average Bonchev–Trinajstić information content (AvgIpc) is 3.64. The molecule has 3 aromatic heterocycles. The number of rotatable bonds is 5. The molecule has 0 spiro atoms. The number of piperidine rings is 1. The lowest BCUT2D eigenvalue weighted by Crippen LogP contribution is -2.41. The third kappa shape index (κ3) is 3.77. The molecule has 6 rings (SSSR count). The van der Waals surface area contributed by atoms with Gasteiger partial charge >= 0.3 is 0 Å². The fraction of sp³-hybridized carbons (Fsp3) is 0.480. The van der Waals surface area contributed by atoms with Gasteiger partial charge in [-0.05, 0) is 44.4 Å². The van der Waals surface area contributed by atoms with Gasteiger partial charge in [-0.3, -0.25) is 14.1 Å². The zero-order valence-electron chi connectivity index (χ0n) is 19.7. The van der Waals surface area contributed by atoms with E-state index in [2.05, 4.69) is 20.0 Å².